The van der Waals surface area contributed by atoms with Crippen molar-refractivity contribution in [1.82, 2.24) is 10.6 Å². The molecule has 0 saturated carbocycles. The van der Waals surface area contributed by atoms with Crippen molar-refractivity contribution >= 4 is 0 Å². The third-order valence-electron chi connectivity index (χ3n) is 1.26. The zero-order valence-electron chi connectivity index (χ0n) is 6.43. The molecular formula is C7H12N4. The second-order valence-electron chi connectivity index (χ2n) is 2.14. The van der Waals surface area contributed by atoms with Crippen LogP contribution in [-0.2, 0) is 0 Å². The van der Waals surface area contributed by atoms with Crippen LogP contribution in [0.2, 0.25) is 0 Å². The van der Waals surface area contributed by atoms with Gasteiger partial charge in [0.25, 0.3) is 0 Å². The highest BCUT2D eigenvalue weighted by Crippen LogP contribution is 1.91. The van der Waals surface area contributed by atoms with Crippen molar-refractivity contribution in [2.45, 2.75) is 19.3 Å². The van der Waals surface area contributed by atoms with Gasteiger partial charge in [0.05, 0.1) is 0 Å². The molecule has 0 rings (SSSR count). The van der Waals surface area contributed by atoms with Gasteiger partial charge in [-0.1, -0.05) is 0 Å². The maximum absolute atomic E-state index is 8.09. The molecule has 0 aliphatic heterocycles. The Morgan fingerprint density at radius 3 is 1.64 bits per heavy atom. The Labute approximate surface area is 66.8 Å². The number of nitrogens with one attached hydrogen (secondary N) is 2. The van der Waals surface area contributed by atoms with Crippen molar-refractivity contribution in [2.75, 3.05) is 13.1 Å². The largest absolute Gasteiger partial charge is 0.324 e. The Bertz CT molecular complexity index is 135. The first-order valence-corrected chi connectivity index (χ1v) is 3.65. The van der Waals surface area contributed by atoms with Gasteiger partial charge in [0.2, 0.25) is 0 Å². The molecular weight excluding hydrogens is 140 g/mol. The van der Waals surface area contributed by atoms with Crippen molar-refractivity contribution in [2.24, 2.45) is 0 Å². The van der Waals surface area contributed by atoms with Crippen molar-refractivity contribution in [3.05, 3.63) is 0 Å². The summed E-state index contributed by atoms with van der Waals surface area (Å²) in [6, 6.07) is 0. The molecule has 4 nitrogen and oxygen atoms in total. The van der Waals surface area contributed by atoms with Gasteiger partial charge in [-0.3, -0.25) is 0 Å². The minimum atomic E-state index is 0.739. The first-order valence-electron chi connectivity index (χ1n) is 3.65. The van der Waals surface area contributed by atoms with Crippen LogP contribution in [-0.4, -0.2) is 13.1 Å². The number of hydrogen-bond acceptors (Lipinski definition) is 4. The molecule has 0 aliphatic carbocycles. The van der Waals surface area contributed by atoms with E-state index in [4.69, 9.17) is 10.5 Å². The molecule has 0 bridgehead atoms. The number of unbranched alkanes of at least 4 members (excludes halogenated alkanes) is 2. The standard InChI is InChI=1S/C7H12N4/c8-6-10-4-2-1-3-5-11-7-9/h10-11H,1-5H2. The average molecular weight is 152 g/mol. The molecule has 0 saturated heterocycles. The zero-order chi connectivity index (χ0) is 8.36. The van der Waals surface area contributed by atoms with Crippen molar-refractivity contribution in [1.29, 1.82) is 10.5 Å². The normalized spacial score (nSPS) is 7.82. The Hall–Kier alpha value is -1.42. The van der Waals surface area contributed by atoms with Gasteiger partial charge >= 0.3 is 0 Å². The topological polar surface area (TPSA) is 71.6 Å². The van der Waals surface area contributed by atoms with Crippen LogP contribution in [0.3, 0.4) is 0 Å². The SMILES string of the molecule is N#CNCCCCCNC#N. The molecule has 0 unspecified atom stereocenters. The maximum Gasteiger partial charge on any atom is 0.176 e. The van der Waals surface area contributed by atoms with Gasteiger partial charge in [0, 0.05) is 13.1 Å². The van der Waals surface area contributed by atoms with E-state index in [0.717, 1.165) is 32.4 Å². The van der Waals surface area contributed by atoms with Gasteiger partial charge in [0.1, 0.15) is 0 Å². The maximum atomic E-state index is 8.09. The van der Waals surface area contributed by atoms with E-state index in [-0.39, 0.29) is 0 Å². The van der Waals surface area contributed by atoms with Crippen LogP contribution in [0.15, 0.2) is 0 Å². The number of nitriles is 2. The fourth-order valence-electron chi connectivity index (χ4n) is 0.715. The highest BCUT2D eigenvalue weighted by molar-refractivity contribution is 4.66. The summed E-state index contributed by atoms with van der Waals surface area (Å²) in [5, 5.41) is 21.3. The lowest BCUT2D eigenvalue weighted by atomic mass is 10.2. The van der Waals surface area contributed by atoms with Gasteiger partial charge in [-0.25, -0.2) is 0 Å². The van der Waals surface area contributed by atoms with Gasteiger partial charge < -0.3 is 10.6 Å². The smallest absolute Gasteiger partial charge is 0.176 e. The summed E-state index contributed by atoms with van der Waals surface area (Å²) in [6.07, 6.45) is 6.72. The second-order valence-corrected chi connectivity index (χ2v) is 2.14. The summed E-state index contributed by atoms with van der Waals surface area (Å²) in [5.74, 6) is 0. The van der Waals surface area contributed by atoms with Crippen LogP contribution >= 0.6 is 0 Å². The third kappa shape index (κ3) is 8.58. The minimum absolute atomic E-state index is 0.739. The summed E-state index contributed by atoms with van der Waals surface area (Å²) >= 11 is 0. The molecule has 0 radical (unpaired) electrons. The van der Waals surface area contributed by atoms with Crippen LogP contribution in [0.1, 0.15) is 19.3 Å². The molecule has 0 heterocycles. The molecule has 60 valence electrons. The van der Waals surface area contributed by atoms with Crippen LogP contribution in [0.25, 0.3) is 0 Å². The summed E-state index contributed by atoms with van der Waals surface area (Å²) < 4.78 is 0. The molecule has 4 heteroatoms. The fourth-order valence-corrected chi connectivity index (χ4v) is 0.715. The number of nitrogens with zero attached hydrogens (tertiary/aromatic N) is 2. The summed E-state index contributed by atoms with van der Waals surface area (Å²) in [7, 11) is 0. The van der Waals surface area contributed by atoms with Crippen LogP contribution in [0, 0.1) is 22.9 Å². The van der Waals surface area contributed by atoms with E-state index in [1.54, 1.807) is 0 Å². The van der Waals surface area contributed by atoms with E-state index in [0.29, 0.717) is 0 Å². The van der Waals surface area contributed by atoms with Gasteiger partial charge in [-0.2, -0.15) is 10.5 Å². The molecule has 0 aliphatic rings. The average Bonchev–Trinajstić information content (AvgIpc) is 2.03. The molecule has 0 amide bonds. The van der Waals surface area contributed by atoms with Crippen LogP contribution < -0.4 is 10.6 Å². The Morgan fingerprint density at radius 1 is 0.818 bits per heavy atom. The van der Waals surface area contributed by atoms with Crippen LogP contribution in [0.4, 0.5) is 0 Å². The Morgan fingerprint density at radius 2 is 1.27 bits per heavy atom. The first kappa shape index (κ1) is 9.58. The minimum Gasteiger partial charge on any atom is -0.324 e. The zero-order valence-corrected chi connectivity index (χ0v) is 6.43. The van der Waals surface area contributed by atoms with E-state index in [2.05, 4.69) is 10.6 Å². The lowest BCUT2D eigenvalue weighted by Crippen LogP contribution is -2.09. The number of hydrogen-bond donors (Lipinski definition) is 2. The van der Waals surface area contributed by atoms with Gasteiger partial charge in [-0.05, 0) is 19.3 Å². The predicted molar refractivity (Wildman–Crippen MR) is 41.1 cm³/mol. The van der Waals surface area contributed by atoms with E-state index in [9.17, 15) is 0 Å². The molecule has 0 aromatic heterocycles. The second kappa shape index (κ2) is 8.58. The van der Waals surface area contributed by atoms with E-state index < -0.39 is 0 Å². The molecule has 2 N–H and O–H groups in total. The monoisotopic (exact) mass is 152 g/mol. The highest BCUT2D eigenvalue weighted by atomic mass is 14.8. The molecule has 0 aromatic rings. The van der Waals surface area contributed by atoms with E-state index >= 15 is 0 Å². The Balaban J connectivity index is 2.82. The molecule has 11 heavy (non-hydrogen) atoms. The lowest BCUT2D eigenvalue weighted by molar-refractivity contribution is 0.643. The summed E-state index contributed by atoms with van der Waals surface area (Å²) in [6.45, 7) is 1.48. The molecule has 0 atom stereocenters. The summed E-state index contributed by atoms with van der Waals surface area (Å²) in [5.41, 5.74) is 0. The highest BCUT2D eigenvalue weighted by Gasteiger charge is 1.87. The lowest BCUT2D eigenvalue weighted by Gasteiger charge is -1.97. The fraction of sp³-hybridized carbons (Fsp3) is 0.714. The first-order chi connectivity index (χ1) is 5.41. The molecule has 0 fully saturated rings. The van der Waals surface area contributed by atoms with Gasteiger partial charge in [-0.15, -0.1) is 0 Å². The summed E-state index contributed by atoms with van der Waals surface area (Å²) in [4.78, 5) is 0. The van der Waals surface area contributed by atoms with E-state index in [1.807, 2.05) is 12.4 Å². The predicted octanol–water partition coefficient (Wildman–Crippen LogP) is 0.298. The van der Waals surface area contributed by atoms with E-state index in [1.165, 1.54) is 0 Å². The molecule has 0 spiro atoms. The van der Waals surface area contributed by atoms with Crippen molar-refractivity contribution in [3.63, 3.8) is 0 Å². The Kier molecular flexibility index (Phi) is 7.47. The van der Waals surface area contributed by atoms with Crippen molar-refractivity contribution in [3.8, 4) is 12.4 Å². The van der Waals surface area contributed by atoms with Crippen molar-refractivity contribution < 1.29 is 0 Å². The molecule has 0 aromatic carbocycles. The van der Waals surface area contributed by atoms with Crippen LogP contribution in [0.5, 0.6) is 0 Å². The third-order valence-corrected chi connectivity index (χ3v) is 1.26. The number of rotatable bonds is 6. The van der Waals surface area contributed by atoms with Gasteiger partial charge in [0.15, 0.2) is 12.4 Å². The quantitative estimate of drug-likeness (QED) is 0.326.